The van der Waals surface area contributed by atoms with E-state index >= 15 is 0 Å². The lowest BCUT2D eigenvalue weighted by molar-refractivity contribution is -0.141. The first-order chi connectivity index (χ1) is 13.0. The van der Waals surface area contributed by atoms with E-state index in [-0.39, 0.29) is 5.82 Å². The van der Waals surface area contributed by atoms with Crippen LogP contribution in [-0.4, -0.2) is 40.8 Å². The molecule has 0 amide bonds. The van der Waals surface area contributed by atoms with E-state index in [1.807, 2.05) is 4.90 Å². The number of hydrogen-bond acceptors (Lipinski definition) is 5. The predicted octanol–water partition coefficient (Wildman–Crippen LogP) is 3.95. The van der Waals surface area contributed by atoms with Crippen molar-refractivity contribution >= 4 is 5.82 Å². The maximum absolute atomic E-state index is 13.4. The molecule has 0 saturated carbocycles. The minimum Gasteiger partial charge on any atom is -0.378 e. The Morgan fingerprint density at radius 3 is 2.56 bits per heavy atom. The zero-order valence-electron chi connectivity index (χ0n) is 14.8. The molecular formula is C19H21F3N4O. The van der Waals surface area contributed by atoms with E-state index in [2.05, 4.69) is 15.0 Å². The molecule has 5 nitrogen and oxygen atoms in total. The summed E-state index contributed by atoms with van der Waals surface area (Å²) in [6.45, 7) is 2.16. The highest BCUT2D eigenvalue weighted by Gasteiger charge is 2.35. The maximum Gasteiger partial charge on any atom is 0.433 e. The van der Waals surface area contributed by atoms with Crippen LogP contribution in [-0.2, 0) is 10.9 Å². The molecule has 2 aromatic rings. The third-order valence-corrected chi connectivity index (χ3v) is 5.28. The molecule has 4 rings (SSSR count). The van der Waals surface area contributed by atoms with Crippen LogP contribution in [0.5, 0.6) is 0 Å². The van der Waals surface area contributed by atoms with E-state index in [4.69, 9.17) is 4.74 Å². The first kappa shape index (κ1) is 18.2. The lowest BCUT2D eigenvalue weighted by Crippen LogP contribution is -2.38. The van der Waals surface area contributed by atoms with Gasteiger partial charge >= 0.3 is 6.18 Å². The SMILES string of the molecule is FC(F)(F)c1cc(N2CCC(C3CCCO3)CC2)nc(-c2cccnc2)n1. The van der Waals surface area contributed by atoms with Gasteiger partial charge < -0.3 is 9.64 Å². The molecule has 0 radical (unpaired) electrons. The number of anilines is 1. The maximum atomic E-state index is 13.4. The van der Waals surface area contributed by atoms with Crippen LogP contribution in [0.1, 0.15) is 31.4 Å². The number of alkyl halides is 3. The molecule has 0 aromatic carbocycles. The lowest BCUT2D eigenvalue weighted by atomic mass is 9.90. The van der Waals surface area contributed by atoms with Crippen LogP contribution >= 0.6 is 0 Å². The second kappa shape index (κ2) is 7.42. The largest absolute Gasteiger partial charge is 0.433 e. The summed E-state index contributed by atoms with van der Waals surface area (Å²) in [6.07, 6.45) is 2.80. The molecule has 1 atom stereocenters. The Bertz CT molecular complexity index is 770. The Labute approximate surface area is 155 Å². The molecule has 1 unspecified atom stereocenters. The fourth-order valence-corrected chi connectivity index (χ4v) is 3.84. The van der Waals surface area contributed by atoms with E-state index in [0.717, 1.165) is 38.4 Å². The second-order valence-electron chi connectivity index (χ2n) is 7.05. The van der Waals surface area contributed by atoms with Crippen LogP contribution < -0.4 is 4.90 Å². The molecule has 8 heteroatoms. The summed E-state index contributed by atoms with van der Waals surface area (Å²) < 4.78 is 45.8. The van der Waals surface area contributed by atoms with Crippen molar-refractivity contribution in [3.05, 3.63) is 36.3 Å². The van der Waals surface area contributed by atoms with Gasteiger partial charge in [0, 0.05) is 43.7 Å². The molecule has 0 bridgehead atoms. The highest BCUT2D eigenvalue weighted by molar-refractivity contribution is 5.57. The molecule has 2 aromatic heterocycles. The zero-order valence-corrected chi connectivity index (χ0v) is 14.8. The van der Waals surface area contributed by atoms with Gasteiger partial charge in [0.1, 0.15) is 5.82 Å². The van der Waals surface area contributed by atoms with Gasteiger partial charge in [0.25, 0.3) is 0 Å². The second-order valence-corrected chi connectivity index (χ2v) is 7.05. The first-order valence-corrected chi connectivity index (χ1v) is 9.24. The molecule has 0 spiro atoms. The highest BCUT2D eigenvalue weighted by atomic mass is 19.4. The fourth-order valence-electron chi connectivity index (χ4n) is 3.84. The minimum atomic E-state index is -4.52. The van der Waals surface area contributed by atoms with E-state index < -0.39 is 11.9 Å². The summed E-state index contributed by atoms with van der Waals surface area (Å²) >= 11 is 0. The van der Waals surface area contributed by atoms with Gasteiger partial charge in [-0.3, -0.25) is 4.98 Å². The van der Waals surface area contributed by atoms with Crippen molar-refractivity contribution in [3.63, 3.8) is 0 Å². The molecule has 4 heterocycles. The van der Waals surface area contributed by atoms with Crippen molar-refractivity contribution in [2.45, 2.75) is 38.0 Å². The van der Waals surface area contributed by atoms with Crippen LogP contribution in [0.4, 0.5) is 19.0 Å². The van der Waals surface area contributed by atoms with Gasteiger partial charge in [-0.25, -0.2) is 9.97 Å². The Kier molecular flexibility index (Phi) is 4.99. The number of ether oxygens (including phenoxy) is 1. The summed E-state index contributed by atoms with van der Waals surface area (Å²) in [6, 6.07) is 4.37. The molecule has 27 heavy (non-hydrogen) atoms. The van der Waals surface area contributed by atoms with Crippen LogP contribution in [0.25, 0.3) is 11.4 Å². The van der Waals surface area contributed by atoms with Crippen molar-refractivity contribution < 1.29 is 17.9 Å². The van der Waals surface area contributed by atoms with Crippen molar-refractivity contribution in [1.29, 1.82) is 0 Å². The highest BCUT2D eigenvalue weighted by Crippen LogP contribution is 2.34. The number of hydrogen-bond donors (Lipinski definition) is 0. The zero-order chi connectivity index (χ0) is 18.9. The summed E-state index contributed by atoms with van der Waals surface area (Å²) in [7, 11) is 0. The number of rotatable bonds is 3. The Morgan fingerprint density at radius 2 is 1.93 bits per heavy atom. The van der Waals surface area contributed by atoms with Crippen molar-refractivity contribution in [2.75, 3.05) is 24.6 Å². The molecule has 0 aliphatic carbocycles. The first-order valence-electron chi connectivity index (χ1n) is 9.24. The van der Waals surface area contributed by atoms with Crippen LogP contribution in [0.3, 0.4) is 0 Å². The average Bonchev–Trinajstić information content (AvgIpc) is 3.23. The molecule has 0 N–H and O–H groups in total. The molecule has 144 valence electrons. The predicted molar refractivity (Wildman–Crippen MR) is 94.2 cm³/mol. The van der Waals surface area contributed by atoms with Gasteiger partial charge in [0.2, 0.25) is 0 Å². The van der Waals surface area contributed by atoms with Gasteiger partial charge in [0.05, 0.1) is 6.10 Å². The van der Waals surface area contributed by atoms with Gasteiger partial charge in [0.15, 0.2) is 11.5 Å². The monoisotopic (exact) mass is 378 g/mol. The average molecular weight is 378 g/mol. The smallest absolute Gasteiger partial charge is 0.378 e. The quantitative estimate of drug-likeness (QED) is 0.809. The van der Waals surface area contributed by atoms with E-state index in [9.17, 15) is 13.2 Å². The van der Waals surface area contributed by atoms with Crippen LogP contribution in [0, 0.1) is 5.92 Å². The Balaban J connectivity index is 1.58. The molecule has 2 fully saturated rings. The third kappa shape index (κ3) is 4.05. The number of nitrogens with zero attached hydrogens (tertiary/aromatic N) is 4. The van der Waals surface area contributed by atoms with Crippen molar-refractivity contribution in [3.8, 4) is 11.4 Å². The fraction of sp³-hybridized carbons (Fsp3) is 0.526. The Morgan fingerprint density at radius 1 is 1.11 bits per heavy atom. The van der Waals surface area contributed by atoms with Gasteiger partial charge in [-0.15, -0.1) is 0 Å². The van der Waals surface area contributed by atoms with Crippen molar-refractivity contribution in [1.82, 2.24) is 15.0 Å². The molecule has 2 aliphatic heterocycles. The number of pyridine rings is 1. The number of aromatic nitrogens is 3. The van der Waals surface area contributed by atoms with Crippen LogP contribution in [0.2, 0.25) is 0 Å². The summed E-state index contributed by atoms with van der Waals surface area (Å²) in [5.41, 5.74) is -0.452. The minimum absolute atomic E-state index is 0.0502. The van der Waals surface area contributed by atoms with E-state index in [1.54, 1.807) is 18.3 Å². The van der Waals surface area contributed by atoms with E-state index in [1.165, 1.54) is 6.20 Å². The summed E-state index contributed by atoms with van der Waals surface area (Å²) in [5.74, 6) is 0.849. The van der Waals surface area contributed by atoms with Gasteiger partial charge in [-0.2, -0.15) is 13.2 Å². The molecule has 2 aliphatic rings. The normalized spacial score (nSPS) is 21.6. The number of halogens is 3. The Hall–Kier alpha value is -2.22. The molecular weight excluding hydrogens is 357 g/mol. The standard InChI is InChI=1S/C19H21F3N4O/c20-19(21,22)16-11-17(25-18(24-16)14-3-1-7-23-12-14)26-8-5-13(6-9-26)15-4-2-10-27-15/h1,3,7,11-13,15H,2,4-6,8-10H2. The van der Waals surface area contributed by atoms with Gasteiger partial charge in [-0.1, -0.05) is 0 Å². The van der Waals surface area contributed by atoms with Crippen LogP contribution in [0.15, 0.2) is 30.6 Å². The number of piperidine rings is 1. The summed E-state index contributed by atoms with van der Waals surface area (Å²) in [5, 5.41) is 0. The summed E-state index contributed by atoms with van der Waals surface area (Å²) in [4.78, 5) is 14.0. The van der Waals surface area contributed by atoms with E-state index in [0.29, 0.717) is 36.5 Å². The topological polar surface area (TPSA) is 51.1 Å². The van der Waals surface area contributed by atoms with Crippen molar-refractivity contribution in [2.24, 2.45) is 5.92 Å². The molecule has 2 saturated heterocycles. The third-order valence-electron chi connectivity index (χ3n) is 5.28. The lowest BCUT2D eigenvalue weighted by Gasteiger charge is -2.35. The van der Waals surface area contributed by atoms with Gasteiger partial charge in [-0.05, 0) is 43.7 Å².